The maximum Gasteiger partial charge on any atom is 0.220 e. The fraction of sp³-hybridized carbons (Fsp3) is 0.167. The third kappa shape index (κ3) is 2.08. The van der Waals surface area contributed by atoms with Crippen molar-refractivity contribution in [3.63, 3.8) is 0 Å². The second-order valence-corrected chi connectivity index (χ2v) is 3.55. The van der Waals surface area contributed by atoms with Gasteiger partial charge in [0.2, 0.25) is 5.95 Å². The number of rotatable bonds is 2. The molecule has 88 valence electrons. The summed E-state index contributed by atoms with van der Waals surface area (Å²) in [5.74, 6) is -1.31. The highest BCUT2D eigenvalue weighted by atomic mass is 19.1. The van der Waals surface area contributed by atoms with E-state index in [-0.39, 0.29) is 17.2 Å². The third-order valence-corrected chi connectivity index (χ3v) is 2.46. The number of nitrogen functional groups attached to an aromatic ring is 1. The topological polar surface area (TPSA) is 51.8 Å². The summed E-state index contributed by atoms with van der Waals surface area (Å²) in [4.78, 5) is 7.74. The lowest BCUT2D eigenvalue weighted by molar-refractivity contribution is 0.588. The van der Waals surface area contributed by atoms with Crippen molar-refractivity contribution in [1.82, 2.24) is 9.97 Å². The molecule has 0 saturated carbocycles. The van der Waals surface area contributed by atoms with Crippen LogP contribution in [0, 0.1) is 11.6 Å². The van der Waals surface area contributed by atoms with Crippen LogP contribution in [0.3, 0.4) is 0 Å². The van der Waals surface area contributed by atoms with Crippen LogP contribution in [0.5, 0.6) is 0 Å². The number of benzene rings is 1. The molecule has 1 heterocycles. The number of anilines is 1. The van der Waals surface area contributed by atoms with Gasteiger partial charge in [-0.3, -0.25) is 0 Å². The van der Waals surface area contributed by atoms with E-state index in [0.717, 1.165) is 0 Å². The molecule has 0 unspecified atom stereocenters. The molecule has 5 heteroatoms. The molecule has 2 N–H and O–H groups in total. The third-order valence-electron chi connectivity index (χ3n) is 2.46. The summed E-state index contributed by atoms with van der Waals surface area (Å²) in [6, 6.07) is 3.69. The average Bonchev–Trinajstić information content (AvgIpc) is 2.29. The highest BCUT2D eigenvalue weighted by molar-refractivity contribution is 5.65. The Morgan fingerprint density at radius 2 is 1.88 bits per heavy atom. The zero-order chi connectivity index (χ0) is 12.4. The Morgan fingerprint density at radius 3 is 2.47 bits per heavy atom. The first-order chi connectivity index (χ1) is 8.13. The van der Waals surface area contributed by atoms with E-state index in [0.29, 0.717) is 12.0 Å². The van der Waals surface area contributed by atoms with Crippen LogP contribution in [0.2, 0.25) is 0 Å². The van der Waals surface area contributed by atoms with E-state index in [4.69, 9.17) is 5.73 Å². The lowest BCUT2D eigenvalue weighted by Crippen LogP contribution is -2.02. The molecule has 0 spiro atoms. The summed E-state index contributed by atoms with van der Waals surface area (Å²) in [5.41, 5.74) is 6.17. The van der Waals surface area contributed by atoms with Gasteiger partial charge < -0.3 is 5.73 Å². The van der Waals surface area contributed by atoms with Gasteiger partial charge >= 0.3 is 0 Å². The lowest BCUT2D eigenvalue weighted by atomic mass is 10.0. The Labute approximate surface area is 97.3 Å². The van der Waals surface area contributed by atoms with Gasteiger partial charge in [-0.1, -0.05) is 13.0 Å². The first-order valence-electron chi connectivity index (χ1n) is 5.19. The summed E-state index contributed by atoms with van der Waals surface area (Å²) in [7, 11) is 0. The van der Waals surface area contributed by atoms with Gasteiger partial charge in [0, 0.05) is 6.20 Å². The summed E-state index contributed by atoms with van der Waals surface area (Å²) in [6.45, 7) is 1.86. The van der Waals surface area contributed by atoms with Gasteiger partial charge in [-0.2, -0.15) is 0 Å². The number of nitrogens with zero attached hydrogens (tertiary/aromatic N) is 2. The van der Waals surface area contributed by atoms with Crippen LogP contribution in [0.15, 0.2) is 24.4 Å². The van der Waals surface area contributed by atoms with Crippen molar-refractivity contribution in [2.24, 2.45) is 0 Å². The van der Waals surface area contributed by atoms with Gasteiger partial charge in [0.25, 0.3) is 0 Å². The first-order valence-corrected chi connectivity index (χ1v) is 5.19. The number of aryl methyl sites for hydroxylation is 1. The van der Waals surface area contributed by atoms with E-state index < -0.39 is 11.6 Å². The number of hydrogen-bond acceptors (Lipinski definition) is 3. The van der Waals surface area contributed by atoms with Gasteiger partial charge in [0.05, 0.1) is 11.3 Å². The predicted molar refractivity (Wildman–Crippen MR) is 61.2 cm³/mol. The van der Waals surface area contributed by atoms with Gasteiger partial charge in [0.15, 0.2) is 0 Å². The lowest BCUT2D eigenvalue weighted by Gasteiger charge is -2.09. The van der Waals surface area contributed by atoms with Crippen molar-refractivity contribution in [3.05, 3.63) is 41.6 Å². The summed E-state index contributed by atoms with van der Waals surface area (Å²) in [5, 5.41) is 0. The molecule has 0 radical (unpaired) electrons. The summed E-state index contributed by atoms with van der Waals surface area (Å²) < 4.78 is 27.3. The highest BCUT2D eigenvalue weighted by Crippen LogP contribution is 2.27. The number of aromatic nitrogens is 2. The second kappa shape index (κ2) is 4.45. The maximum atomic E-state index is 13.6. The van der Waals surface area contributed by atoms with Crippen molar-refractivity contribution >= 4 is 5.95 Å². The zero-order valence-corrected chi connectivity index (χ0v) is 9.24. The number of hydrogen-bond donors (Lipinski definition) is 1. The molecular weight excluding hydrogens is 224 g/mol. The van der Waals surface area contributed by atoms with Crippen molar-refractivity contribution < 1.29 is 8.78 Å². The van der Waals surface area contributed by atoms with Crippen LogP contribution in [0.25, 0.3) is 11.3 Å². The fourth-order valence-corrected chi connectivity index (χ4v) is 1.62. The van der Waals surface area contributed by atoms with Crippen molar-refractivity contribution in [3.8, 4) is 11.3 Å². The van der Waals surface area contributed by atoms with Gasteiger partial charge in [0.1, 0.15) is 11.6 Å². The average molecular weight is 235 g/mol. The molecule has 0 aliphatic heterocycles. The molecule has 1 aromatic heterocycles. The molecule has 0 aliphatic carbocycles. The largest absolute Gasteiger partial charge is 0.368 e. The Morgan fingerprint density at radius 1 is 1.24 bits per heavy atom. The molecule has 0 bridgehead atoms. The number of nitrogens with two attached hydrogens (primary N) is 1. The molecular formula is C12H11F2N3. The number of halogens is 2. The van der Waals surface area contributed by atoms with Gasteiger partial charge in [-0.05, 0) is 24.1 Å². The molecule has 0 aliphatic rings. The van der Waals surface area contributed by atoms with Crippen LogP contribution in [-0.4, -0.2) is 9.97 Å². The fourth-order valence-electron chi connectivity index (χ4n) is 1.62. The SMILES string of the molecule is CCc1cnc(N)nc1-c1c(F)cccc1F. The molecule has 3 nitrogen and oxygen atoms in total. The second-order valence-electron chi connectivity index (χ2n) is 3.55. The van der Waals surface area contributed by atoms with Crippen molar-refractivity contribution in [2.45, 2.75) is 13.3 Å². The van der Waals surface area contributed by atoms with Crippen LogP contribution >= 0.6 is 0 Å². The van der Waals surface area contributed by atoms with Gasteiger partial charge in [-0.15, -0.1) is 0 Å². The first kappa shape index (κ1) is 11.4. The Bertz CT molecular complexity index is 535. The molecule has 1 aromatic carbocycles. The Hall–Kier alpha value is -2.04. The maximum absolute atomic E-state index is 13.6. The van der Waals surface area contributed by atoms with E-state index in [1.54, 1.807) is 0 Å². The molecule has 2 rings (SSSR count). The molecule has 0 saturated heterocycles. The Balaban J connectivity index is 2.71. The standard InChI is InChI=1S/C12H11F2N3/c1-2-7-6-16-12(15)17-11(7)10-8(13)4-3-5-9(10)14/h3-6H,2H2,1H3,(H2,15,16,17). The van der Waals surface area contributed by atoms with E-state index in [2.05, 4.69) is 9.97 Å². The molecule has 2 aromatic rings. The van der Waals surface area contributed by atoms with E-state index in [1.165, 1.54) is 24.4 Å². The minimum atomic E-state index is -0.655. The zero-order valence-electron chi connectivity index (χ0n) is 9.24. The minimum absolute atomic E-state index is 0.000136. The molecule has 0 amide bonds. The summed E-state index contributed by atoms with van der Waals surface area (Å²) in [6.07, 6.45) is 2.06. The minimum Gasteiger partial charge on any atom is -0.368 e. The predicted octanol–water partition coefficient (Wildman–Crippen LogP) is 2.57. The van der Waals surface area contributed by atoms with Crippen LogP contribution in [0.4, 0.5) is 14.7 Å². The van der Waals surface area contributed by atoms with Crippen LogP contribution in [-0.2, 0) is 6.42 Å². The quantitative estimate of drug-likeness (QED) is 0.870. The van der Waals surface area contributed by atoms with E-state index >= 15 is 0 Å². The van der Waals surface area contributed by atoms with Crippen molar-refractivity contribution in [2.75, 3.05) is 5.73 Å². The van der Waals surface area contributed by atoms with Gasteiger partial charge in [-0.25, -0.2) is 18.7 Å². The molecule has 0 fully saturated rings. The highest BCUT2D eigenvalue weighted by Gasteiger charge is 2.16. The normalized spacial score (nSPS) is 10.5. The molecule has 0 atom stereocenters. The van der Waals surface area contributed by atoms with E-state index in [1.807, 2.05) is 6.92 Å². The van der Waals surface area contributed by atoms with E-state index in [9.17, 15) is 8.78 Å². The van der Waals surface area contributed by atoms with Crippen LogP contribution in [0.1, 0.15) is 12.5 Å². The van der Waals surface area contributed by atoms with Crippen molar-refractivity contribution in [1.29, 1.82) is 0 Å². The summed E-state index contributed by atoms with van der Waals surface area (Å²) >= 11 is 0. The monoisotopic (exact) mass is 235 g/mol. The smallest absolute Gasteiger partial charge is 0.220 e. The molecule has 17 heavy (non-hydrogen) atoms. The Kier molecular flexibility index (Phi) is 2.99. The van der Waals surface area contributed by atoms with Crippen LogP contribution < -0.4 is 5.73 Å².